The molecule has 2 aliphatic carbocycles. The number of nitrogens with two attached hydrogens (primary N) is 1. The van der Waals surface area contributed by atoms with Crippen molar-refractivity contribution in [2.24, 2.45) is 5.73 Å². The summed E-state index contributed by atoms with van der Waals surface area (Å²) < 4.78 is 0. The van der Waals surface area contributed by atoms with Crippen molar-refractivity contribution in [3.05, 3.63) is 35.4 Å². The largest absolute Gasteiger partial charge is 0.349 e. The van der Waals surface area contributed by atoms with Crippen LogP contribution in [-0.4, -0.2) is 17.5 Å². The number of amides is 1. The van der Waals surface area contributed by atoms with Gasteiger partial charge >= 0.3 is 0 Å². The zero-order valence-corrected chi connectivity index (χ0v) is 11.3. The lowest BCUT2D eigenvalue weighted by atomic mass is 9.98. The molecule has 0 atom stereocenters. The minimum absolute atomic E-state index is 0.0518. The summed E-state index contributed by atoms with van der Waals surface area (Å²) in [5, 5.41) is 3.16. The number of hydrogen-bond acceptors (Lipinski definition) is 2. The molecule has 0 unspecified atom stereocenters. The Balaban J connectivity index is 1.73. The van der Waals surface area contributed by atoms with Crippen LogP contribution in [0.3, 0.4) is 0 Å². The molecule has 1 aromatic carbocycles. The summed E-state index contributed by atoms with van der Waals surface area (Å²) >= 11 is 0. The lowest BCUT2D eigenvalue weighted by molar-refractivity contribution is 0.0937. The first kappa shape index (κ1) is 12.7. The van der Waals surface area contributed by atoms with Gasteiger partial charge in [0.05, 0.1) is 0 Å². The van der Waals surface area contributed by atoms with Gasteiger partial charge in [-0.05, 0) is 43.7 Å². The van der Waals surface area contributed by atoms with Crippen molar-refractivity contribution in [2.45, 2.75) is 56.5 Å². The second-order valence-electron chi connectivity index (χ2n) is 6.15. The molecule has 2 aliphatic rings. The van der Waals surface area contributed by atoms with Crippen molar-refractivity contribution >= 4 is 5.91 Å². The van der Waals surface area contributed by atoms with Gasteiger partial charge in [0.2, 0.25) is 0 Å². The number of carbonyl (C=O) groups excluding carboxylic acids is 1. The van der Waals surface area contributed by atoms with Crippen molar-refractivity contribution in [1.29, 1.82) is 0 Å². The van der Waals surface area contributed by atoms with Crippen LogP contribution in [0.2, 0.25) is 0 Å². The summed E-state index contributed by atoms with van der Waals surface area (Å²) in [5.41, 5.74) is 8.03. The molecular formula is C16H22N2O. The van der Waals surface area contributed by atoms with Gasteiger partial charge in [-0.2, -0.15) is 0 Å². The Labute approximate surface area is 114 Å². The van der Waals surface area contributed by atoms with Crippen molar-refractivity contribution in [2.75, 3.05) is 0 Å². The van der Waals surface area contributed by atoms with Gasteiger partial charge < -0.3 is 11.1 Å². The summed E-state index contributed by atoms with van der Waals surface area (Å²) in [7, 11) is 0. The molecule has 2 fully saturated rings. The van der Waals surface area contributed by atoms with E-state index in [9.17, 15) is 4.79 Å². The highest BCUT2D eigenvalue weighted by Crippen LogP contribution is 2.36. The molecule has 0 bridgehead atoms. The van der Waals surface area contributed by atoms with E-state index in [1.54, 1.807) is 0 Å². The predicted octanol–water partition coefficient (Wildman–Crippen LogP) is 2.39. The van der Waals surface area contributed by atoms with Crippen LogP contribution in [0.1, 0.15) is 54.4 Å². The summed E-state index contributed by atoms with van der Waals surface area (Å²) in [6.45, 7) is 0. The van der Waals surface area contributed by atoms with E-state index in [1.165, 1.54) is 12.8 Å². The number of nitrogens with one attached hydrogen (secondary N) is 1. The number of hydrogen-bond donors (Lipinski definition) is 2. The highest BCUT2D eigenvalue weighted by Gasteiger charge is 2.38. The fraction of sp³-hybridized carbons (Fsp3) is 0.562. The minimum atomic E-state index is -0.0518. The molecule has 0 saturated heterocycles. The van der Waals surface area contributed by atoms with E-state index < -0.39 is 0 Å². The van der Waals surface area contributed by atoms with Crippen LogP contribution < -0.4 is 11.1 Å². The maximum Gasteiger partial charge on any atom is 0.251 e. The fourth-order valence-electron chi connectivity index (χ4n) is 2.95. The van der Waals surface area contributed by atoms with Gasteiger partial charge in [0.1, 0.15) is 0 Å². The van der Waals surface area contributed by atoms with Crippen LogP contribution in [0.15, 0.2) is 24.3 Å². The van der Waals surface area contributed by atoms with Gasteiger partial charge in [-0.25, -0.2) is 0 Å². The molecule has 0 radical (unpaired) electrons. The van der Waals surface area contributed by atoms with Crippen LogP contribution >= 0.6 is 0 Å². The molecule has 2 saturated carbocycles. The normalized spacial score (nSPS) is 21.3. The molecule has 1 aromatic rings. The first-order chi connectivity index (χ1) is 9.16. The number of rotatable bonds is 4. The van der Waals surface area contributed by atoms with Gasteiger partial charge in [-0.3, -0.25) is 4.79 Å². The van der Waals surface area contributed by atoms with Crippen molar-refractivity contribution < 1.29 is 4.79 Å². The Kier molecular flexibility index (Phi) is 3.31. The Morgan fingerprint density at radius 3 is 2.63 bits per heavy atom. The maximum absolute atomic E-state index is 12.4. The van der Waals surface area contributed by atoms with Gasteiger partial charge in [0.25, 0.3) is 5.91 Å². The topological polar surface area (TPSA) is 55.1 Å². The molecule has 1 amide bonds. The quantitative estimate of drug-likeness (QED) is 0.871. The number of benzene rings is 1. The van der Waals surface area contributed by atoms with Gasteiger partial charge in [-0.15, -0.1) is 0 Å². The third-order valence-corrected chi connectivity index (χ3v) is 4.39. The van der Waals surface area contributed by atoms with E-state index >= 15 is 0 Å². The molecule has 0 heterocycles. The molecular weight excluding hydrogens is 236 g/mol. The predicted molar refractivity (Wildman–Crippen MR) is 76.0 cm³/mol. The molecule has 3 heteroatoms. The SMILES string of the molecule is NC1(Cc2ccccc2C(=O)NC2CCCC2)CC1. The van der Waals surface area contributed by atoms with Crippen LogP contribution in [0.5, 0.6) is 0 Å². The Morgan fingerprint density at radius 1 is 1.26 bits per heavy atom. The monoisotopic (exact) mass is 258 g/mol. The van der Waals surface area contributed by atoms with Gasteiger partial charge in [0, 0.05) is 17.1 Å². The summed E-state index contributed by atoms with van der Waals surface area (Å²) in [6.07, 6.45) is 7.68. The molecule has 102 valence electrons. The van der Waals surface area contributed by atoms with Crippen LogP contribution in [-0.2, 0) is 6.42 Å². The minimum Gasteiger partial charge on any atom is -0.349 e. The summed E-state index contributed by atoms with van der Waals surface area (Å²) in [6, 6.07) is 8.26. The molecule has 0 spiro atoms. The van der Waals surface area contributed by atoms with E-state index in [-0.39, 0.29) is 11.4 Å². The smallest absolute Gasteiger partial charge is 0.251 e. The molecule has 3 rings (SSSR count). The average molecular weight is 258 g/mol. The third kappa shape index (κ3) is 2.98. The molecule has 0 aromatic heterocycles. The van der Waals surface area contributed by atoms with Crippen molar-refractivity contribution in [3.63, 3.8) is 0 Å². The first-order valence-electron chi connectivity index (χ1n) is 7.34. The van der Waals surface area contributed by atoms with E-state index in [1.807, 2.05) is 24.3 Å². The van der Waals surface area contributed by atoms with E-state index in [0.717, 1.165) is 43.2 Å². The second kappa shape index (κ2) is 4.97. The summed E-state index contributed by atoms with van der Waals surface area (Å²) in [5.74, 6) is 0.0757. The average Bonchev–Trinajstić information content (AvgIpc) is 2.91. The highest BCUT2D eigenvalue weighted by atomic mass is 16.1. The zero-order valence-electron chi connectivity index (χ0n) is 11.3. The molecule has 0 aliphatic heterocycles. The Hall–Kier alpha value is -1.35. The van der Waals surface area contributed by atoms with Crippen molar-refractivity contribution in [3.8, 4) is 0 Å². The first-order valence-corrected chi connectivity index (χ1v) is 7.34. The molecule has 3 N–H and O–H groups in total. The Bertz CT molecular complexity index is 473. The standard InChI is InChI=1S/C16H22N2O/c17-16(9-10-16)11-12-5-1-4-8-14(12)15(19)18-13-6-2-3-7-13/h1,4-5,8,13H,2-3,6-7,9-11,17H2,(H,18,19). The molecule has 3 nitrogen and oxygen atoms in total. The maximum atomic E-state index is 12.4. The van der Waals surface area contributed by atoms with Gasteiger partial charge in [-0.1, -0.05) is 31.0 Å². The van der Waals surface area contributed by atoms with E-state index in [0.29, 0.717) is 6.04 Å². The van der Waals surface area contributed by atoms with Crippen LogP contribution in [0.4, 0.5) is 0 Å². The lowest BCUT2D eigenvalue weighted by Gasteiger charge is -2.16. The molecule has 19 heavy (non-hydrogen) atoms. The lowest BCUT2D eigenvalue weighted by Crippen LogP contribution is -2.34. The van der Waals surface area contributed by atoms with Crippen molar-refractivity contribution in [1.82, 2.24) is 5.32 Å². The van der Waals surface area contributed by atoms with Crippen LogP contribution in [0, 0.1) is 0 Å². The highest BCUT2D eigenvalue weighted by molar-refractivity contribution is 5.95. The summed E-state index contributed by atoms with van der Waals surface area (Å²) in [4.78, 5) is 12.4. The third-order valence-electron chi connectivity index (χ3n) is 4.39. The van der Waals surface area contributed by atoms with E-state index in [2.05, 4.69) is 5.32 Å². The van der Waals surface area contributed by atoms with Crippen LogP contribution in [0.25, 0.3) is 0 Å². The van der Waals surface area contributed by atoms with Gasteiger partial charge in [0.15, 0.2) is 0 Å². The Morgan fingerprint density at radius 2 is 1.95 bits per heavy atom. The van der Waals surface area contributed by atoms with E-state index in [4.69, 9.17) is 5.73 Å². The fourth-order valence-corrected chi connectivity index (χ4v) is 2.95. The second-order valence-corrected chi connectivity index (χ2v) is 6.15. The zero-order chi connectivity index (χ0) is 13.3. The number of carbonyl (C=O) groups is 1.